The molecule has 4 N–H and O–H groups in total. The second-order valence-corrected chi connectivity index (χ2v) is 4.48. The maximum absolute atomic E-state index is 13.9. The van der Waals surface area contributed by atoms with Gasteiger partial charge in [0.1, 0.15) is 0 Å². The summed E-state index contributed by atoms with van der Waals surface area (Å²) >= 11 is 0. The van der Waals surface area contributed by atoms with Gasteiger partial charge in [0, 0.05) is 0 Å². The number of hydrogen-bond acceptors (Lipinski definition) is 4. The van der Waals surface area contributed by atoms with E-state index in [0.717, 1.165) is 0 Å². The standard InChI is InChI=1S/C13H14FN3O3/c1-6(2)20-9-4-3-7(5-8(9)14)10-11(13(18)19)16-17-12(10)15/h3-6H,1-2H3,(H,18,19)(H3,15,16,17). The Balaban J connectivity index is 2.47. The number of nitrogens with zero attached hydrogens (tertiary/aromatic N) is 1. The molecule has 7 heteroatoms. The SMILES string of the molecule is CC(C)Oc1ccc(-c2c(N)n[nH]c2C(=O)O)cc1F. The van der Waals surface area contributed by atoms with Gasteiger partial charge in [0.25, 0.3) is 0 Å². The summed E-state index contributed by atoms with van der Waals surface area (Å²) in [5.41, 5.74) is 5.92. The molecule has 0 radical (unpaired) electrons. The number of nitrogen functional groups attached to an aromatic ring is 1. The van der Waals surface area contributed by atoms with Crippen molar-refractivity contribution in [1.29, 1.82) is 0 Å². The molecule has 0 bridgehead atoms. The van der Waals surface area contributed by atoms with Crippen molar-refractivity contribution in [3.05, 3.63) is 29.7 Å². The molecule has 1 heterocycles. The zero-order valence-electron chi connectivity index (χ0n) is 11.0. The van der Waals surface area contributed by atoms with Gasteiger partial charge in [-0.25, -0.2) is 9.18 Å². The minimum absolute atomic E-state index is 0.000622. The van der Waals surface area contributed by atoms with Crippen molar-refractivity contribution in [1.82, 2.24) is 10.2 Å². The number of carboxylic acid groups (broad SMARTS) is 1. The first-order valence-corrected chi connectivity index (χ1v) is 5.94. The number of aromatic carboxylic acids is 1. The molecule has 20 heavy (non-hydrogen) atoms. The number of aromatic nitrogens is 2. The molecule has 0 aliphatic carbocycles. The van der Waals surface area contributed by atoms with E-state index in [4.69, 9.17) is 15.6 Å². The Bertz CT molecular complexity index is 652. The number of hydrogen-bond donors (Lipinski definition) is 3. The Kier molecular flexibility index (Phi) is 3.60. The second-order valence-electron chi connectivity index (χ2n) is 4.48. The minimum atomic E-state index is -1.22. The van der Waals surface area contributed by atoms with Gasteiger partial charge in [0.15, 0.2) is 23.1 Å². The number of anilines is 1. The Labute approximate surface area is 114 Å². The van der Waals surface area contributed by atoms with Crippen LogP contribution in [0.4, 0.5) is 10.2 Å². The van der Waals surface area contributed by atoms with E-state index in [1.165, 1.54) is 18.2 Å². The summed E-state index contributed by atoms with van der Waals surface area (Å²) in [5.74, 6) is -1.71. The first-order valence-electron chi connectivity index (χ1n) is 5.94. The van der Waals surface area contributed by atoms with Crippen LogP contribution < -0.4 is 10.5 Å². The molecule has 2 rings (SSSR count). The number of nitrogens with two attached hydrogens (primary N) is 1. The summed E-state index contributed by atoms with van der Waals surface area (Å²) in [5, 5.41) is 15.0. The number of benzene rings is 1. The van der Waals surface area contributed by atoms with E-state index in [1.807, 2.05) is 0 Å². The Morgan fingerprint density at radius 3 is 2.75 bits per heavy atom. The zero-order chi connectivity index (χ0) is 14.9. The van der Waals surface area contributed by atoms with E-state index in [1.54, 1.807) is 13.8 Å². The molecule has 0 aliphatic heterocycles. The summed E-state index contributed by atoms with van der Waals surface area (Å²) in [6.45, 7) is 3.56. The third kappa shape index (κ3) is 2.56. The maximum atomic E-state index is 13.9. The fraction of sp³-hybridized carbons (Fsp3) is 0.231. The lowest BCUT2D eigenvalue weighted by molar-refractivity contribution is 0.0691. The Morgan fingerprint density at radius 2 is 2.20 bits per heavy atom. The van der Waals surface area contributed by atoms with Gasteiger partial charge in [-0.1, -0.05) is 6.07 Å². The monoisotopic (exact) mass is 279 g/mol. The number of H-pyrrole nitrogens is 1. The molecule has 0 spiro atoms. The first kappa shape index (κ1) is 13.9. The topological polar surface area (TPSA) is 101 Å². The minimum Gasteiger partial charge on any atom is -0.488 e. The number of carbonyl (C=O) groups is 1. The van der Waals surface area contributed by atoms with Crippen LogP contribution in [0, 0.1) is 5.82 Å². The lowest BCUT2D eigenvalue weighted by atomic mass is 10.0. The Morgan fingerprint density at radius 1 is 1.50 bits per heavy atom. The average Bonchev–Trinajstić information content (AvgIpc) is 2.73. The largest absolute Gasteiger partial charge is 0.488 e. The highest BCUT2D eigenvalue weighted by atomic mass is 19.1. The summed E-state index contributed by atoms with van der Waals surface area (Å²) in [7, 11) is 0. The highest BCUT2D eigenvalue weighted by molar-refractivity contribution is 5.97. The molecule has 1 aromatic carbocycles. The van der Waals surface area contributed by atoms with Gasteiger partial charge in [0.2, 0.25) is 0 Å². The molecule has 0 aliphatic rings. The number of aromatic amines is 1. The molecule has 0 amide bonds. The molecule has 6 nitrogen and oxygen atoms in total. The van der Waals surface area contributed by atoms with Crippen molar-refractivity contribution < 1.29 is 19.0 Å². The van der Waals surface area contributed by atoms with Crippen LogP contribution in [0.2, 0.25) is 0 Å². The summed E-state index contributed by atoms with van der Waals surface area (Å²) in [6.07, 6.45) is -0.163. The molecule has 1 aromatic heterocycles. The van der Waals surface area contributed by atoms with Gasteiger partial charge in [-0.15, -0.1) is 0 Å². The van der Waals surface area contributed by atoms with Gasteiger partial charge in [-0.2, -0.15) is 5.10 Å². The van der Waals surface area contributed by atoms with Gasteiger partial charge >= 0.3 is 5.97 Å². The lowest BCUT2D eigenvalue weighted by Gasteiger charge is -2.11. The first-order chi connectivity index (χ1) is 9.40. The van der Waals surface area contributed by atoms with Crippen molar-refractivity contribution >= 4 is 11.8 Å². The van der Waals surface area contributed by atoms with Crippen molar-refractivity contribution in [2.24, 2.45) is 0 Å². The molecule has 0 saturated heterocycles. The number of ether oxygens (including phenoxy) is 1. The predicted octanol–water partition coefficient (Wildman–Crippen LogP) is 2.28. The molecule has 0 fully saturated rings. The van der Waals surface area contributed by atoms with Crippen LogP contribution in [-0.4, -0.2) is 27.4 Å². The van der Waals surface area contributed by atoms with Crippen molar-refractivity contribution in [2.45, 2.75) is 20.0 Å². The molecule has 0 saturated carbocycles. The summed E-state index contributed by atoms with van der Waals surface area (Å²) < 4.78 is 19.2. The number of rotatable bonds is 4. The lowest BCUT2D eigenvalue weighted by Crippen LogP contribution is -2.07. The summed E-state index contributed by atoms with van der Waals surface area (Å²) in [4.78, 5) is 11.1. The van der Waals surface area contributed by atoms with Gasteiger partial charge in [-0.3, -0.25) is 5.10 Å². The van der Waals surface area contributed by atoms with Gasteiger partial charge in [-0.05, 0) is 31.5 Å². The van der Waals surface area contributed by atoms with Crippen molar-refractivity contribution in [3.63, 3.8) is 0 Å². The van der Waals surface area contributed by atoms with Crippen LogP contribution in [0.5, 0.6) is 5.75 Å². The second kappa shape index (κ2) is 5.20. The quantitative estimate of drug-likeness (QED) is 0.797. The smallest absolute Gasteiger partial charge is 0.354 e. The molecule has 106 valence electrons. The predicted molar refractivity (Wildman–Crippen MR) is 71.1 cm³/mol. The van der Waals surface area contributed by atoms with Crippen LogP contribution in [0.3, 0.4) is 0 Å². The van der Waals surface area contributed by atoms with E-state index in [9.17, 15) is 9.18 Å². The van der Waals surface area contributed by atoms with E-state index < -0.39 is 11.8 Å². The highest BCUT2D eigenvalue weighted by Gasteiger charge is 2.19. The number of halogens is 1. The van der Waals surface area contributed by atoms with Crippen LogP contribution in [0.1, 0.15) is 24.3 Å². The van der Waals surface area contributed by atoms with E-state index >= 15 is 0 Å². The highest BCUT2D eigenvalue weighted by Crippen LogP contribution is 2.31. The number of nitrogens with one attached hydrogen (secondary N) is 1. The van der Waals surface area contributed by atoms with Crippen LogP contribution in [0.15, 0.2) is 18.2 Å². The average molecular weight is 279 g/mol. The van der Waals surface area contributed by atoms with Crippen molar-refractivity contribution in [3.8, 4) is 16.9 Å². The normalized spacial score (nSPS) is 10.8. The molecular formula is C13H14FN3O3. The van der Waals surface area contributed by atoms with E-state index in [2.05, 4.69) is 10.2 Å². The van der Waals surface area contributed by atoms with Crippen LogP contribution in [0.25, 0.3) is 11.1 Å². The number of carboxylic acids is 1. The fourth-order valence-corrected chi connectivity index (χ4v) is 1.81. The van der Waals surface area contributed by atoms with Gasteiger partial charge in [0.05, 0.1) is 11.7 Å². The molecule has 0 atom stereocenters. The fourth-order valence-electron chi connectivity index (χ4n) is 1.81. The van der Waals surface area contributed by atoms with Crippen LogP contribution >= 0.6 is 0 Å². The molecular weight excluding hydrogens is 265 g/mol. The maximum Gasteiger partial charge on any atom is 0.354 e. The zero-order valence-corrected chi connectivity index (χ0v) is 11.0. The third-order valence-electron chi connectivity index (χ3n) is 2.59. The van der Waals surface area contributed by atoms with E-state index in [0.29, 0.717) is 5.56 Å². The molecule has 0 unspecified atom stereocenters. The summed E-state index contributed by atoms with van der Waals surface area (Å²) in [6, 6.07) is 4.14. The van der Waals surface area contributed by atoms with Crippen LogP contribution in [-0.2, 0) is 0 Å². The van der Waals surface area contributed by atoms with Gasteiger partial charge < -0.3 is 15.6 Å². The Hall–Kier alpha value is -2.57. The third-order valence-corrected chi connectivity index (χ3v) is 2.59. The van der Waals surface area contributed by atoms with E-state index in [-0.39, 0.29) is 28.9 Å². The molecule has 2 aromatic rings. The van der Waals surface area contributed by atoms with Crippen molar-refractivity contribution in [2.75, 3.05) is 5.73 Å².